The Morgan fingerprint density at radius 3 is 2.47 bits per heavy atom. The number of aliphatic hydroxyl groups excluding tert-OH is 1. The first-order chi connectivity index (χ1) is 8.08. The van der Waals surface area contributed by atoms with E-state index in [-0.39, 0.29) is 25.2 Å². The van der Waals surface area contributed by atoms with Crippen LogP contribution < -0.4 is 5.32 Å². The SMILES string of the molecule is CCCCNC(=O)O.O=C(CC#CI)CCO. The van der Waals surface area contributed by atoms with E-state index < -0.39 is 6.09 Å². The molecule has 5 nitrogen and oxygen atoms in total. The van der Waals surface area contributed by atoms with Gasteiger partial charge in [0.05, 0.1) is 6.42 Å². The van der Waals surface area contributed by atoms with Gasteiger partial charge in [-0.25, -0.2) is 4.79 Å². The maximum atomic E-state index is 10.5. The molecule has 17 heavy (non-hydrogen) atoms. The summed E-state index contributed by atoms with van der Waals surface area (Å²) in [4.78, 5) is 20.3. The lowest BCUT2D eigenvalue weighted by Crippen LogP contribution is -2.21. The van der Waals surface area contributed by atoms with E-state index >= 15 is 0 Å². The molecule has 0 aromatic carbocycles. The van der Waals surface area contributed by atoms with Gasteiger partial charge in [-0.05, 0) is 10.3 Å². The third-order valence-corrected chi connectivity index (χ3v) is 1.93. The van der Waals surface area contributed by atoms with Gasteiger partial charge in [0.1, 0.15) is 5.78 Å². The Morgan fingerprint density at radius 1 is 1.41 bits per heavy atom. The Balaban J connectivity index is 0. The standard InChI is InChI=1S/C6H7IO2.C5H11NO2/c7-4-1-2-6(9)3-5-8;1-2-3-4-6-5(7)8/h8H,2-3,5H2;6H,2-4H2,1H3,(H,7,8). The minimum Gasteiger partial charge on any atom is -0.465 e. The number of halogens is 1. The normalized spacial score (nSPS) is 8.18. The van der Waals surface area contributed by atoms with Crippen molar-refractivity contribution in [2.75, 3.05) is 13.2 Å². The number of nitrogens with one attached hydrogen (secondary N) is 1. The monoisotopic (exact) mass is 355 g/mol. The number of Topliss-reactive ketones (excluding diaryl/α,β-unsaturated/α-hetero) is 1. The zero-order valence-corrected chi connectivity index (χ0v) is 12.0. The van der Waals surface area contributed by atoms with Crippen molar-refractivity contribution >= 4 is 34.5 Å². The Hall–Kier alpha value is -0.810. The van der Waals surface area contributed by atoms with Crippen molar-refractivity contribution in [1.29, 1.82) is 0 Å². The van der Waals surface area contributed by atoms with Crippen molar-refractivity contribution in [2.24, 2.45) is 0 Å². The highest BCUT2D eigenvalue weighted by molar-refractivity contribution is 14.1. The van der Waals surface area contributed by atoms with Gasteiger partial charge in [-0.3, -0.25) is 4.79 Å². The molecule has 6 heteroatoms. The van der Waals surface area contributed by atoms with Crippen LogP contribution in [0.15, 0.2) is 0 Å². The summed E-state index contributed by atoms with van der Waals surface area (Å²) in [6, 6.07) is 0. The summed E-state index contributed by atoms with van der Waals surface area (Å²) in [5.74, 6) is 2.61. The van der Waals surface area contributed by atoms with Crippen LogP contribution in [0.3, 0.4) is 0 Å². The van der Waals surface area contributed by atoms with Crippen LogP contribution in [0.25, 0.3) is 0 Å². The van der Waals surface area contributed by atoms with Gasteiger partial charge in [0.15, 0.2) is 0 Å². The Morgan fingerprint density at radius 2 is 2.06 bits per heavy atom. The quantitative estimate of drug-likeness (QED) is 0.385. The molecule has 0 unspecified atom stereocenters. The lowest BCUT2D eigenvalue weighted by Gasteiger charge is -1.94. The molecule has 0 aromatic heterocycles. The number of hydrogen-bond acceptors (Lipinski definition) is 3. The Bertz CT molecular complexity index is 270. The van der Waals surface area contributed by atoms with E-state index in [1.807, 2.05) is 29.5 Å². The predicted molar refractivity (Wildman–Crippen MR) is 74.1 cm³/mol. The van der Waals surface area contributed by atoms with E-state index in [2.05, 4.69) is 15.2 Å². The van der Waals surface area contributed by atoms with Crippen molar-refractivity contribution in [1.82, 2.24) is 5.32 Å². The van der Waals surface area contributed by atoms with Crippen LogP contribution in [-0.2, 0) is 4.79 Å². The first kappa shape index (κ1) is 18.6. The van der Waals surface area contributed by atoms with Crippen LogP contribution in [0.5, 0.6) is 0 Å². The number of hydrogen-bond donors (Lipinski definition) is 3. The van der Waals surface area contributed by atoms with Gasteiger partial charge in [0.25, 0.3) is 0 Å². The summed E-state index contributed by atoms with van der Waals surface area (Å²) in [6.45, 7) is 2.52. The van der Waals surface area contributed by atoms with Crippen LogP contribution >= 0.6 is 22.6 Å². The summed E-state index contributed by atoms with van der Waals surface area (Å²) in [7, 11) is 0. The molecule has 0 aliphatic rings. The second-order valence-electron chi connectivity index (χ2n) is 3.05. The third kappa shape index (κ3) is 21.1. The van der Waals surface area contributed by atoms with E-state index in [0.29, 0.717) is 6.54 Å². The predicted octanol–water partition coefficient (Wildman–Crippen LogP) is 1.78. The van der Waals surface area contributed by atoms with Crippen molar-refractivity contribution in [3.8, 4) is 9.85 Å². The van der Waals surface area contributed by atoms with E-state index in [1.54, 1.807) is 0 Å². The average Bonchev–Trinajstić information content (AvgIpc) is 2.27. The average molecular weight is 355 g/mol. The highest BCUT2D eigenvalue weighted by atomic mass is 127. The minimum atomic E-state index is -0.932. The van der Waals surface area contributed by atoms with Gasteiger partial charge < -0.3 is 15.5 Å². The molecule has 98 valence electrons. The molecule has 1 amide bonds. The maximum Gasteiger partial charge on any atom is 0.404 e. The molecule has 0 saturated heterocycles. The van der Waals surface area contributed by atoms with Gasteiger partial charge in [0.2, 0.25) is 0 Å². The summed E-state index contributed by atoms with van der Waals surface area (Å²) in [6.07, 6.45) is 1.51. The number of unbranched alkanes of at least 4 members (excludes halogenated alkanes) is 1. The van der Waals surface area contributed by atoms with E-state index in [4.69, 9.17) is 10.2 Å². The van der Waals surface area contributed by atoms with Crippen LogP contribution in [0.2, 0.25) is 0 Å². The first-order valence-electron chi connectivity index (χ1n) is 5.26. The second kappa shape index (κ2) is 15.2. The molecule has 0 spiro atoms. The van der Waals surface area contributed by atoms with E-state index in [1.165, 1.54) is 0 Å². The fourth-order valence-electron chi connectivity index (χ4n) is 0.717. The molecule has 0 fully saturated rings. The smallest absolute Gasteiger partial charge is 0.404 e. The minimum absolute atomic E-state index is 0.00154. The number of aliphatic hydroxyl groups is 1. The molecule has 0 aromatic rings. The van der Waals surface area contributed by atoms with Gasteiger partial charge >= 0.3 is 6.09 Å². The molecule has 0 radical (unpaired) electrons. The van der Waals surface area contributed by atoms with Crippen LogP contribution in [0.1, 0.15) is 32.6 Å². The number of carbonyl (C=O) groups excluding carboxylic acids is 1. The molecule has 0 rings (SSSR count). The first-order valence-corrected chi connectivity index (χ1v) is 6.34. The lowest BCUT2D eigenvalue weighted by atomic mass is 10.2. The maximum absolute atomic E-state index is 10.5. The number of carboxylic acid groups (broad SMARTS) is 1. The lowest BCUT2D eigenvalue weighted by molar-refractivity contribution is -0.118. The Kier molecular flexibility index (Phi) is 16.6. The third-order valence-electron chi connectivity index (χ3n) is 1.55. The van der Waals surface area contributed by atoms with Crippen LogP contribution in [0.4, 0.5) is 4.79 Å². The Labute approximate surface area is 115 Å². The van der Waals surface area contributed by atoms with E-state index in [0.717, 1.165) is 12.8 Å². The largest absolute Gasteiger partial charge is 0.465 e. The van der Waals surface area contributed by atoms with Gasteiger partial charge in [-0.15, -0.1) is 0 Å². The summed E-state index contributed by atoms with van der Waals surface area (Å²) in [5.41, 5.74) is 0. The van der Waals surface area contributed by atoms with E-state index in [9.17, 15) is 9.59 Å². The van der Waals surface area contributed by atoms with Gasteiger partial charge in [-0.1, -0.05) is 19.3 Å². The number of amides is 1. The van der Waals surface area contributed by atoms with Crippen LogP contribution in [-0.4, -0.2) is 35.2 Å². The number of carbonyl (C=O) groups is 2. The molecule has 3 N–H and O–H groups in total. The summed E-state index contributed by atoms with van der Waals surface area (Å²) >= 11 is 1.87. The zero-order valence-electron chi connectivity index (χ0n) is 9.83. The highest BCUT2D eigenvalue weighted by Crippen LogP contribution is 1.87. The molecule has 0 aliphatic carbocycles. The zero-order chi connectivity index (χ0) is 13.5. The molecule has 0 bridgehead atoms. The van der Waals surface area contributed by atoms with Crippen molar-refractivity contribution in [3.05, 3.63) is 0 Å². The van der Waals surface area contributed by atoms with Gasteiger partial charge in [0, 0.05) is 42.2 Å². The topological polar surface area (TPSA) is 86.6 Å². The summed E-state index contributed by atoms with van der Waals surface area (Å²) in [5, 5.41) is 18.6. The molecular formula is C11H18INO4. The number of ketones is 1. The molecule has 0 atom stereocenters. The van der Waals surface area contributed by atoms with Crippen molar-refractivity contribution in [3.63, 3.8) is 0 Å². The molecule has 0 saturated carbocycles. The van der Waals surface area contributed by atoms with Crippen molar-refractivity contribution in [2.45, 2.75) is 32.6 Å². The fourth-order valence-corrected chi connectivity index (χ4v) is 0.908. The van der Waals surface area contributed by atoms with Gasteiger partial charge in [-0.2, -0.15) is 0 Å². The molecule has 0 aliphatic heterocycles. The second-order valence-corrected chi connectivity index (χ2v) is 3.59. The molecule has 0 heterocycles. The number of rotatable bonds is 6. The molecular weight excluding hydrogens is 337 g/mol. The van der Waals surface area contributed by atoms with Crippen molar-refractivity contribution < 1.29 is 19.8 Å². The fraction of sp³-hybridized carbons (Fsp3) is 0.636. The summed E-state index contributed by atoms with van der Waals surface area (Å²) < 4.78 is 2.57. The highest BCUT2D eigenvalue weighted by Gasteiger charge is 1.95. The van der Waals surface area contributed by atoms with Crippen LogP contribution in [0, 0.1) is 9.85 Å².